The summed E-state index contributed by atoms with van der Waals surface area (Å²) in [6.07, 6.45) is 3.61. The summed E-state index contributed by atoms with van der Waals surface area (Å²) in [6, 6.07) is 20.7. The highest BCUT2D eigenvalue weighted by Crippen LogP contribution is 2.35. The molecule has 0 aliphatic rings. The fourth-order valence-electron chi connectivity index (χ4n) is 3.30. The third-order valence-electron chi connectivity index (χ3n) is 4.88. The fraction of sp³-hybridized carbons (Fsp3) is 0.0400. The van der Waals surface area contributed by atoms with Gasteiger partial charge < -0.3 is 5.32 Å². The van der Waals surface area contributed by atoms with Crippen LogP contribution in [0.5, 0.6) is 0 Å². The number of carbonyl (C=O) groups is 1. The zero-order chi connectivity index (χ0) is 22.7. The molecule has 4 aromatic rings. The second-order valence-corrected chi connectivity index (χ2v) is 8.54. The Labute approximate surface area is 199 Å². The van der Waals surface area contributed by atoms with Crippen molar-refractivity contribution in [2.75, 3.05) is 11.6 Å². The molecule has 0 bridgehead atoms. The number of nitrogens with one attached hydrogen (secondary N) is 1. The summed E-state index contributed by atoms with van der Waals surface area (Å²) in [6.45, 7) is 0. The van der Waals surface area contributed by atoms with Crippen molar-refractivity contribution in [3.05, 3.63) is 100 Å². The number of aromatic nitrogens is 1. The molecular formula is C25H17Cl2FN2OS. The van der Waals surface area contributed by atoms with Crippen LogP contribution in [0.4, 0.5) is 10.1 Å². The molecule has 3 nitrogen and oxygen atoms in total. The molecule has 7 heteroatoms. The zero-order valence-corrected chi connectivity index (χ0v) is 19.2. The molecule has 32 heavy (non-hydrogen) atoms. The number of halogens is 3. The second-order valence-electron chi connectivity index (χ2n) is 6.88. The molecule has 0 saturated carbocycles. The van der Waals surface area contributed by atoms with Crippen LogP contribution in [0.3, 0.4) is 0 Å². The highest BCUT2D eigenvalue weighted by Gasteiger charge is 2.18. The summed E-state index contributed by atoms with van der Waals surface area (Å²) < 4.78 is 14.1. The molecule has 0 aliphatic heterocycles. The average molecular weight is 483 g/mol. The number of nitrogens with zero attached hydrogens (tertiary/aromatic N) is 1. The van der Waals surface area contributed by atoms with Gasteiger partial charge in [-0.2, -0.15) is 0 Å². The molecular weight excluding hydrogens is 466 g/mol. The summed E-state index contributed by atoms with van der Waals surface area (Å²) in [4.78, 5) is 18.5. The van der Waals surface area contributed by atoms with Crippen molar-refractivity contribution in [2.24, 2.45) is 0 Å². The van der Waals surface area contributed by atoms with Crippen molar-refractivity contribution >= 4 is 46.6 Å². The molecule has 0 atom stereocenters. The maximum atomic E-state index is 14.1. The largest absolute Gasteiger partial charge is 0.322 e. The summed E-state index contributed by atoms with van der Waals surface area (Å²) >= 11 is 14.1. The first-order valence-corrected chi connectivity index (χ1v) is 11.6. The Kier molecular flexibility index (Phi) is 6.80. The third-order valence-corrected chi connectivity index (χ3v) is 6.32. The van der Waals surface area contributed by atoms with Crippen LogP contribution in [0.1, 0.15) is 10.4 Å². The molecule has 3 aromatic carbocycles. The molecule has 4 rings (SSSR count). The first-order valence-electron chi connectivity index (χ1n) is 9.62. The number of hydrogen-bond acceptors (Lipinski definition) is 3. The van der Waals surface area contributed by atoms with Crippen molar-refractivity contribution < 1.29 is 9.18 Å². The van der Waals surface area contributed by atoms with Crippen LogP contribution >= 0.6 is 35.0 Å². The van der Waals surface area contributed by atoms with Gasteiger partial charge in [0.15, 0.2) is 0 Å². The first-order chi connectivity index (χ1) is 15.5. The van der Waals surface area contributed by atoms with E-state index >= 15 is 0 Å². The Balaban J connectivity index is 1.73. The number of thioether (sulfide) groups is 1. The molecule has 0 aliphatic carbocycles. The number of pyridine rings is 1. The van der Waals surface area contributed by atoms with Gasteiger partial charge in [-0.3, -0.25) is 9.78 Å². The van der Waals surface area contributed by atoms with Crippen molar-refractivity contribution in [3.63, 3.8) is 0 Å². The molecule has 1 aromatic heterocycles. The number of benzene rings is 3. The maximum Gasteiger partial charge on any atom is 0.256 e. The van der Waals surface area contributed by atoms with Crippen molar-refractivity contribution in [1.82, 2.24) is 4.98 Å². The molecule has 0 saturated heterocycles. The van der Waals surface area contributed by atoms with Crippen LogP contribution < -0.4 is 5.32 Å². The second kappa shape index (κ2) is 9.74. The van der Waals surface area contributed by atoms with E-state index < -0.39 is 5.82 Å². The lowest BCUT2D eigenvalue weighted by atomic mass is 9.98. The molecule has 160 valence electrons. The van der Waals surface area contributed by atoms with Gasteiger partial charge in [0, 0.05) is 33.5 Å². The lowest BCUT2D eigenvalue weighted by Gasteiger charge is -2.14. The lowest BCUT2D eigenvalue weighted by molar-refractivity contribution is 0.102. The topological polar surface area (TPSA) is 42.0 Å². The number of carbonyl (C=O) groups excluding carboxylic acids is 1. The van der Waals surface area contributed by atoms with Crippen LogP contribution in [-0.4, -0.2) is 17.1 Å². The predicted molar refractivity (Wildman–Crippen MR) is 131 cm³/mol. The van der Waals surface area contributed by atoms with E-state index in [0.29, 0.717) is 38.7 Å². The van der Waals surface area contributed by atoms with E-state index in [1.165, 1.54) is 17.8 Å². The highest BCUT2D eigenvalue weighted by atomic mass is 35.5. The number of amides is 1. The van der Waals surface area contributed by atoms with E-state index in [1.807, 2.05) is 36.6 Å². The monoisotopic (exact) mass is 482 g/mol. The normalized spacial score (nSPS) is 10.8. The van der Waals surface area contributed by atoms with Gasteiger partial charge in [0.05, 0.1) is 15.7 Å². The Hall–Kier alpha value is -2.86. The molecule has 0 radical (unpaired) electrons. The van der Waals surface area contributed by atoms with E-state index in [9.17, 15) is 9.18 Å². The zero-order valence-electron chi connectivity index (χ0n) is 16.9. The molecule has 1 heterocycles. The summed E-state index contributed by atoms with van der Waals surface area (Å²) in [5, 5.41) is 3.41. The quantitative estimate of drug-likeness (QED) is 0.294. The van der Waals surface area contributed by atoms with Crippen LogP contribution in [0.2, 0.25) is 10.0 Å². The van der Waals surface area contributed by atoms with Crippen LogP contribution in [0.25, 0.3) is 22.4 Å². The van der Waals surface area contributed by atoms with E-state index in [-0.39, 0.29) is 10.9 Å². The van der Waals surface area contributed by atoms with Gasteiger partial charge >= 0.3 is 0 Å². The van der Waals surface area contributed by atoms with Gasteiger partial charge in [-0.25, -0.2) is 4.39 Å². The minimum atomic E-state index is -0.539. The van der Waals surface area contributed by atoms with Crippen LogP contribution in [0.15, 0.2) is 83.9 Å². The Morgan fingerprint density at radius 2 is 1.78 bits per heavy atom. The van der Waals surface area contributed by atoms with Crippen molar-refractivity contribution in [1.29, 1.82) is 0 Å². The van der Waals surface area contributed by atoms with Gasteiger partial charge in [-0.05, 0) is 66.4 Å². The third kappa shape index (κ3) is 4.65. The smallest absolute Gasteiger partial charge is 0.256 e. The van der Waals surface area contributed by atoms with Gasteiger partial charge in [-0.1, -0.05) is 41.4 Å². The molecule has 1 amide bonds. The molecule has 0 spiro atoms. The highest BCUT2D eigenvalue weighted by molar-refractivity contribution is 7.98. The van der Waals surface area contributed by atoms with Gasteiger partial charge in [0.2, 0.25) is 0 Å². The number of anilines is 1. The fourth-order valence-corrected chi connectivity index (χ4v) is 4.18. The summed E-state index contributed by atoms with van der Waals surface area (Å²) in [7, 11) is 0. The Morgan fingerprint density at radius 1 is 0.938 bits per heavy atom. The van der Waals surface area contributed by atoms with Gasteiger partial charge in [0.1, 0.15) is 5.82 Å². The standard InChI is InChI=1S/C25H17Cl2FN2OS/c1-32-16-9-10-18(19(14-16)17-5-4-6-22(28)24(17)27)25(31)30-15-8-11-21(26)20(13-15)23-7-2-3-12-29-23/h2-14H,1H3,(H,30,31). The predicted octanol–water partition coefficient (Wildman–Crippen LogP) is 7.84. The van der Waals surface area contributed by atoms with E-state index in [2.05, 4.69) is 10.3 Å². The molecule has 0 fully saturated rings. The number of rotatable bonds is 5. The van der Waals surface area contributed by atoms with Crippen LogP contribution in [-0.2, 0) is 0 Å². The summed E-state index contributed by atoms with van der Waals surface area (Å²) in [5.74, 6) is -0.884. The summed E-state index contributed by atoms with van der Waals surface area (Å²) in [5.41, 5.74) is 3.35. The SMILES string of the molecule is CSc1ccc(C(=O)Nc2ccc(Cl)c(-c3ccccn3)c2)c(-c2cccc(F)c2Cl)c1. The molecule has 1 N–H and O–H groups in total. The minimum Gasteiger partial charge on any atom is -0.322 e. The maximum absolute atomic E-state index is 14.1. The van der Waals surface area contributed by atoms with E-state index in [4.69, 9.17) is 23.2 Å². The van der Waals surface area contributed by atoms with Crippen LogP contribution in [0, 0.1) is 5.82 Å². The molecule has 0 unspecified atom stereocenters. The van der Waals surface area contributed by atoms with E-state index in [0.717, 1.165) is 4.90 Å². The minimum absolute atomic E-state index is 0.0243. The van der Waals surface area contributed by atoms with Crippen molar-refractivity contribution in [3.8, 4) is 22.4 Å². The number of hydrogen-bond donors (Lipinski definition) is 1. The Morgan fingerprint density at radius 3 is 2.53 bits per heavy atom. The van der Waals surface area contributed by atoms with Gasteiger partial charge in [0.25, 0.3) is 5.91 Å². The first kappa shape index (κ1) is 22.3. The lowest BCUT2D eigenvalue weighted by Crippen LogP contribution is -2.13. The van der Waals surface area contributed by atoms with Crippen molar-refractivity contribution in [2.45, 2.75) is 4.90 Å². The van der Waals surface area contributed by atoms with E-state index in [1.54, 1.807) is 42.6 Å². The van der Waals surface area contributed by atoms with Gasteiger partial charge in [-0.15, -0.1) is 11.8 Å². The Bertz CT molecular complexity index is 1300. The average Bonchev–Trinajstić information content (AvgIpc) is 2.82.